The van der Waals surface area contributed by atoms with Crippen LogP contribution in [0.25, 0.3) is 0 Å². The summed E-state index contributed by atoms with van der Waals surface area (Å²) < 4.78 is 5.59. The third-order valence-electron chi connectivity index (χ3n) is 2.94. The van der Waals surface area contributed by atoms with Crippen LogP contribution in [0.1, 0.15) is 19.8 Å². The Labute approximate surface area is 73.3 Å². The van der Waals surface area contributed by atoms with Gasteiger partial charge in [0.15, 0.2) is 7.98 Å². The fourth-order valence-electron chi connectivity index (χ4n) is 2.41. The van der Waals surface area contributed by atoms with E-state index in [0.29, 0.717) is 0 Å². The standard InChI is InChI=1S/C8H12BNO2/c1-4(11)7-5-2-3-6(12-5)8(7)10-9/h5-8,10H,2-3H2,1H3/t5-,6+,7+,8-/m0/s1. The molecule has 0 aromatic heterocycles. The average molecular weight is 165 g/mol. The molecule has 2 rings (SSSR count). The van der Waals surface area contributed by atoms with Crippen molar-refractivity contribution in [2.45, 2.75) is 38.0 Å². The van der Waals surface area contributed by atoms with Crippen molar-refractivity contribution in [3.05, 3.63) is 0 Å². The molecule has 0 aromatic carbocycles. The molecule has 2 saturated heterocycles. The minimum atomic E-state index is -0.0197. The van der Waals surface area contributed by atoms with Gasteiger partial charge in [0.25, 0.3) is 0 Å². The molecule has 2 bridgehead atoms. The number of fused-ring (bicyclic) bond motifs is 2. The van der Waals surface area contributed by atoms with Crippen molar-refractivity contribution >= 4 is 13.8 Å². The SMILES string of the molecule is [B]N[C@@H]1[C@H](C(C)=O)[C@@H]2CC[C@H]1O2. The van der Waals surface area contributed by atoms with E-state index in [9.17, 15) is 4.79 Å². The van der Waals surface area contributed by atoms with Crippen LogP contribution in [-0.4, -0.2) is 32.0 Å². The van der Waals surface area contributed by atoms with Gasteiger partial charge in [-0.25, -0.2) is 0 Å². The molecule has 4 heteroatoms. The molecule has 0 amide bonds. The minimum absolute atomic E-state index is 0.0197. The van der Waals surface area contributed by atoms with Gasteiger partial charge in [-0.1, -0.05) is 0 Å². The Bertz CT molecular complexity index is 209. The van der Waals surface area contributed by atoms with E-state index in [4.69, 9.17) is 12.7 Å². The first-order valence-corrected chi connectivity index (χ1v) is 4.36. The lowest BCUT2D eigenvalue weighted by atomic mass is 9.81. The number of nitrogens with one attached hydrogen (secondary N) is 1. The molecule has 0 unspecified atom stereocenters. The van der Waals surface area contributed by atoms with Crippen molar-refractivity contribution < 1.29 is 9.53 Å². The monoisotopic (exact) mass is 165 g/mol. The summed E-state index contributed by atoms with van der Waals surface area (Å²) in [7, 11) is 5.37. The van der Waals surface area contributed by atoms with Gasteiger partial charge in [-0.3, -0.25) is 4.79 Å². The summed E-state index contributed by atoms with van der Waals surface area (Å²) in [6.07, 6.45) is 2.32. The summed E-state index contributed by atoms with van der Waals surface area (Å²) in [6.45, 7) is 1.61. The van der Waals surface area contributed by atoms with E-state index in [1.165, 1.54) is 0 Å². The zero-order valence-electron chi connectivity index (χ0n) is 7.12. The molecule has 2 aliphatic rings. The third kappa shape index (κ3) is 1.02. The van der Waals surface area contributed by atoms with Crippen LogP contribution in [0, 0.1) is 5.92 Å². The summed E-state index contributed by atoms with van der Waals surface area (Å²) >= 11 is 0. The zero-order valence-corrected chi connectivity index (χ0v) is 7.12. The van der Waals surface area contributed by atoms with Gasteiger partial charge in [-0.05, 0) is 19.8 Å². The van der Waals surface area contributed by atoms with Gasteiger partial charge in [0.1, 0.15) is 5.78 Å². The highest BCUT2D eigenvalue weighted by Crippen LogP contribution is 2.39. The molecule has 12 heavy (non-hydrogen) atoms. The summed E-state index contributed by atoms with van der Waals surface area (Å²) in [6, 6.07) is 0.0428. The lowest BCUT2D eigenvalue weighted by Gasteiger charge is -2.25. The first kappa shape index (κ1) is 8.26. The topological polar surface area (TPSA) is 38.3 Å². The van der Waals surface area contributed by atoms with Crippen LogP contribution in [0.2, 0.25) is 0 Å². The minimum Gasteiger partial charge on any atom is -0.373 e. The average Bonchev–Trinajstić information content (AvgIpc) is 2.60. The van der Waals surface area contributed by atoms with E-state index in [-0.39, 0.29) is 30.0 Å². The zero-order chi connectivity index (χ0) is 8.72. The van der Waals surface area contributed by atoms with E-state index >= 15 is 0 Å². The van der Waals surface area contributed by atoms with Crippen molar-refractivity contribution in [1.29, 1.82) is 0 Å². The molecule has 2 heterocycles. The Kier molecular flexibility index (Phi) is 1.97. The van der Waals surface area contributed by atoms with Gasteiger partial charge in [0, 0.05) is 6.04 Å². The van der Waals surface area contributed by atoms with Crippen molar-refractivity contribution in [3.63, 3.8) is 0 Å². The Morgan fingerprint density at radius 2 is 2.17 bits per heavy atom. The number of carbonyl (C=O) groups is 1. The van der Waals surface area contributed by atoms with Crippen LogP contribution < -0.4 is 5.23 Å². The third-order valence-corrected chi connectivity index (χ3v) is 2.94. The number of hydrogen-bond donors (Lipinski definition) is 1. The highest BCUT2D eigenvalue weighted by atomic mass is 16.5. The molecule has 64 valence electrons. The molecule has 0 spiro atoms. The number of ether oxygens (including phenoxy) is 1. The molecule has 0 saturated carbocycles. The van der Waals surface area contributed by atoms with Crippen LogP contribution in [-0.2, 0) is 9.53 Å². The van der Waals surface area contributed by atoms with E-state index < -0.39 is 0 Å². The van der Waals surface area contributed by atoms with Gasteiger partial charge in [0.2, 0.25) is 0 Å². The fourth-order valence-corrected chi connectivity index (χ4v) is 2.41. The second-order valence-electron chi connectivity index (χ2n) is 3.62. The highest BCUT2D eigenvalue weighted by molar-refractivity contribution is 6.05. The Hall–Kier alpha value is -0.345. The van der Waals surface area contributed by atoms with E-state index in [2.05, 4.69) is 5.23 Å². The van der Waals surface area contributed by atoms with Gasteiger partial charge in [0.05, 0.1) is 18.1 Å². The number of hydrogen-bond acceptors (Lipinski definition) is 3. The second kappa shape index (κ2) is 2.85. The largest absolute Gasteiger partial charge is 0.373 e. The fraction of sp³-hybridized carbons (Fsp3) is 0.875. The Morgan fingerprint density at radius 1 is 1.50 bits per heavy atom. The molecule has 0 aliphatic carbocycles. The molecule has 2 aliphatic heterocycles. The number of ketones is 1. The van der Waals surface area contributed by atoms with Gasteiger partial charge in [-0.2, -0.15) is 0 Å². The van der Waals surface area contributed by atoms with Gasteiger partial charge >= 0.3 is 0 Å². The lowest BCUT2D eigenvalue weighted by molar-refractivity contribution is -0.122. The predicted molar refractivity (Wildman–Crippen MR) is 44.7 cm³/mol. The lowest BCUT2D eigenvalue weighted by Crippen LogP contribution is -2.45. The molecule has 2 radical (unpaired) electrons. The second-order valence-corrected chi connectivity index (χ2v) is 3.62. The number of Topliss-reactive ketones (excluding diaryl/α,β-unsaturated/α-hetero) is 1. The Morgan fingerprint density at radius 3 is 2.67 bits per heavy atom. The summed E-state index contributed by atoms with van der Waals surface area (Å²) in [4.78, 5) is 11.2. The predicted octanol–water partition coefficient (Wildman–Crippen LogP) is -0.206. The normalized spacial score (nSPS) is 45.1. The molecular formula is C8H12BNO2. The Balaban J connectivity index is 2.16. The smallest absolute Gasteiger partial charge is 0.178 e. The first-order chi connectivity index (χ1) is 5.74. The molecule has 4 atom stereocenters. The van der Waals surface area contributed by atoms with Crippen LogP contribution in [0.3, 0.4) is 0 Å². The maximum absolute atomic E-state index is 11.2. The van der Waals surface area contributed by atoms with Crippen molar-refractivity contribution in [3.8, 4) is 0 Å². The van der Waals surface area contributed by atoms with E-state index in [1.54, 1.807) is 6.92 Å². The quantitative estimate of drug-likeness (QED) is 0.575. The molecule has 1 N–H and O–H groups in total. The van der Waals surface area contributed by atoms with Crippen LogP contribution in [0.15, 0.2) is 0 Å². The van der Waals surface area contributed by atoms with Crippen LogP contribution in [0.5, 0.6) is 0 Å². The van der Waals surface area contributed by atoms with Crippen molar-refractivity contribution in [2.75, 3.05) is 0 Å². The van der Waals surface area contributed by atoms with Crippen LogP contribution >= 0.6 is 0 Å². The van der Waals surface area contributed by atoms with Gasteiger partial charge < -0.3 is 9.96 Å². The molecule has 3 nitrogen and oxygen atoms in total. The maximum atomic E-state index is 11.2. The molecule has 2 fully saturated rings. The van der Waals surface area contributed by atoms with Crippen molar-refractivity contribution in [2.24, 2.45) is 5.92 Å². The maximum Gasteiger partial charge on any atom is 0.178 e. The highest BCUT2D eigenvalue weighted by Gasteiger charge is 2.49. The number of rotatable bonds is 2. The van der Waals surface area contributed by atoms with Crippen molar-refractivity contribution in [1.82, 2.24) is 5.23 Å². The molecule has 0 aromatic rings. The molecular weight excluding hydrogens is 153 g/mol. The van der Waals surface area contributed by atoms with Crippen LogP contribution in [0.4, 0.5) is 0 Å². The van der Waals surface area contributed by atoms with Gasteiger partial charge in [-0.15, -0.1) is 0 Å². The summed E-state index contributed by atoms with van der Waals surface area (Å²) in [5, 5.41) is 2.68. The van der Waals surface area contributed by atoms with E-state index in [0.717, 1.165) is 12.8 Å². The summed E-state index contributed by atoms with van der Waals surface area (Å²) in [5.41, 5.74) is 0. The van der Waals surface area contributed by atoms with E-state index in [1.807, 2.05) is 0 Å². The first-order valence-electron chi connectivity index (χ1n) is 4.36. The summed E-state index contributed by atoms with van der Waals surface area (Å²) in [5.74, 6) is 0.166. The number of carbonyl (C=O) groups excluding carboxylic acids is 1.